The summed E-state index contributed by atoms with van der Waals surface area (Å²) in [5, 5.41) is 0.729. The number of carbonyl (C=O) groups excluding carboxylic acids is 1. The Labute approximate surface area is 196 Å². The molecule has 174 valence electrons. The molecule has 0 aromatic carbocycles. The highest BCUT2D eigenvalue weighted by Crippen LogP contribution is 2.25. The molecule has 4 heterocycles. The van der Waals surface area contributed by atoms with E-state index in [1.54, 1.807) is 29.3 Å². The number of aryl methyl sites for hydroxylation is 1. The second kappa shape index (κ2) is 9.35. The van der Waals surface area contributed by atoms with Gasteiger partial charge in [-0.1, -0.05) is 32.4 Å². The summed E-state index contributed by atoms with van der Waals surface area (Å²) in [6.45, 7) is 8.32. The van der Waals surface area contributed by atoms with Gasteiger partial charge in [-0.3, -0.25) is 19.1 Å². The Morgan fingerprint density at radius 1 is 1.21 bits per heavy atom. The smallest absolute Gasteiger partial charge is 0.329 e. The minimum Gasteiger partial charge on any atom is -0.352 e. The van der Waals surface area contributed by atoms with E-state index >= 15 is 0 Å². The van der Waals surface area contributed by atoms with Gasteiger partial charge in [0.15, 0.2) is 5.65 Å². The van der Waals surface area contributed by atoms with Gasteiger partial charge in [-0.15, -0.1) is 0 Å². The summed E-state index contributed by atoms with van der Waals surface area (Å²) in [4.78, 5) is 54.0. The summed E-state index contributed by atoms with van der Waals surface area (Å²) < 4.78 is 1.44. The molecule has 1 saturated heterocycles. The second-order valence-electron chi connectivity index (χ2n) is 8.45. The number of aromatic amines is 1. The first-order valence-electron chi connectivity index (χ1n) is 11.1. The van der Waals surface area contributed by atoms with Crippen LogP contribution in [0.2, 0.25) is 5.02 Å². The Kier molecular flexibility index (Phi) is 6.51. The van der Waals surface area contributed by atoms with Crippen LogP contribution in [0.5, 0.6) is 0 Å². The van der Waals surface area contributed by atoms with Crippen LogP contribution in [0.3, 0.4) is 0 Å². The van der Waals surface area contributed by atoms with E-state index in [4.69, 9.17) is 11.6 Å². The fourth-order valence-corrected chi connectivity index (χ4v) is 4.33. The number of hydrogen-bond acceptors (Lipinski definition) is 6. The van der Waals surface area contributed by atoms with Gasteiger partial charge in [0.1, 0.15) is 5.82 Å². The standard InChI is InChI=1S/C23H27ClN6O3/c1-4-8-30-20-18(21(31)27-23(30)33)15(13-17(26-20)14(2)3)22(32)29-11-9-28(10-12-29)19-16(24)6-5-7-25-19/h5-7,13-14H,4,8-12H2,1-3H3,(H,27,31,33). The van der Waals surface area contributed by atoms with E-state index in [0.717, 1.165) is 0 Å². The van der Waals surface area contributed by atoms with E-state index in [1.165, 1.54) is 4.57 Å². The van der Waals surface area contributed by atoms with Crippen LogP contribution in [0, 0.1) is 0 Å². The molecule has 1 fully saturated rings. The average molecular weight is 471 g/mol. The predicted molar refractivity (Wildman–Crippen MR) is 128 cm³/mol. The van der Waals surface area contributed by atoms with Crippen molar-refractivity contribution >= 4 is 34.4 Å². The Bertz CT molecular complexity index is 1310. The minimum atomic E-state index is -0.590. The van der Waals surface area contributed by atoms with Crippen molar-refractivity contribution in [2.45, 2.75) is 39.7 Å². The number of nitrogens with one attached hydrogen (secondary N) is 1. The van der Waals surface area contributed by atoms with Gasteiger partial charge in [0.25, 0.3) is 11.5 Å². The molecular weight excluding hydrogens is 444 g/mol. The molecule has 0 radical (unpaired) electrons. The number of carbonyl (C=O) groups is 1. The topological polar surface area (TPSA) is 104 Å². The van der Waals surface area contributed by atoms with Crippen molar-refractivity contribution in [3.8, 4) is 0 Å². The van der Waals surface area contributed by atoms with Crippen molar-refractivity contribution in [1.82, 2.24) is 24.4 Å². The zero-order chi connectivity index (χ0) is 23.7. The van der Waals surface area contributed by atoms with Crippen LogP contribution in [0.15, 0.2) is 34.0 Å². The molecule has 0 spiro atoms. The van der Waals surface area contributed by atoms with Crippen LogP contribution in [-0.4, -0.2) is 56.5 Å². The summed E-state index contributed by atoms with van der Waals surface area (Å²) in [5.74, 6) is 0.472. The molecule has 1 aliphatic heterocycles. The van der Waals surface area contributed by atoms with Gasteiger partial charge in [0.05, 0.1) is 16.0 Å². The van der Waals surface area contributed by atoms with Crippen LogP contribution in [0.4, 0.5) is 5.82 Å². The molecule has 9 nitrogen and oxygen atoms in total. The van der Waals surface area contributed by atoms with Crippen molar-refractivity contribution in [2.75, 3.05) is 31.1 Å². The lowest BCUT2D eigenvalue weighted by Crippen LogP contribution is -2.49. The van der Waals surface area contributed by atoms with E-state index in [0.29, 0.717) is 55.7 Å². The Morgan fingerprint density at radius 3 is 2.58 bits per heavy atom. The predicted octanol–water partition coefficient (Wildman–Crippen LogP) is 2.63. The van der Waals surface area contributed by atoms with Crippen molar-refractivity contribution in [2.24, 2.45) is 0 Å². The fourth-order valence-electron chi connectivity index (χ4n) is 4.09. The molecule has 0 aliphatic carbocycles. The zero-order valence-corrected chi connectivity index (χ0v) is 19.7. The lowest BCUT2D eigenvalue weighted by Gasteiger charge is -2.36. The largest absolute Gasteiger partial charge is 0.352 e. The third kappa shape index (κ3) is 4.37. The average Bonchev–Trinajstić information content (AvgIpc) is 2.81. The molecule has 0 bridgehead atoms. The van der Waals surface area contributed by atoms with E-state index in [-0.39, 0.29) is 28.4 Å². The van der Waals surface area contributed by atoms with Gasteiger partial charge in [0, 0.05) is 44.6 Å². The highest BCUT2D eigenvalue weighted by atomic mass is 35.5. The summed E-state index contributed by atoms with van der Waals surface area (Å²) in [6, 6.07) is 5.26. The zero-order valence-electron chi connectivity index (χ0n) is 19.0. The van der Waals surface area contributed by atoms with Crippen LogP contribution < -0.4 is 16.1 Å². The van der Waals surface area contributed by atoms with Crippen molar-refractivity contribution < 1.29 is 4.79 Å². The molecule has 10 heteroatoms. The Morgan fingerprint density at radius 2 is 1.94 bits per heavy atom. The van der Waals surface area contributed by atoms with Crippen LogP contribution in [0.1, 0.15) is 49.2 Å². The molecule has 3 aromatic heterocycles. The lowest BCUT2D eigenvalue weighted by molar-refractivity contribution is 0.0748. The molecule has 4 rings (SSSR count). The van der Waals surface area contributed by atoms with E-state index in [9.17, 15) is 14.4 Å². The number of pyridine rings is 2. The van der Waals surface area contributed by atoms with Crippen molar-refractivity contribution in [3.05, 3.63) is 61.5 Å². The molecule has 0 unspecified atom stereocenters. The lowest BCUT2D eigenvalue weighted by atomic mass is 10.0. The Hall–Kier alpha value is -3.20. The monoisotopic (exact) mass is 470 g/mol. The van der Waals surface area contributed by atoms with Crippen LogP contribution in [0.25, 0.3) is 11.0 Å². The SMILES string of the molecule is CCCn1c(=O)[nH]c(=O)c2c(C(=O)N3CCN(c4ncccc4Cl)CC3)cc(C(C)C)nc21. The number of nitrogens with zero attached hydrogens (tertiary/aromatic N) is 5. The molecule has 0 saturated carbocycles. The fraction of sp³-hybridized carbons (Fsp3) is 0.435. The molecule has 3 aromatic rings. The Balaban J connectivity index is 1.73. The van der Waals surface area contributed by atoms with Crippen LogP contribution >= 0.6 is 11.6 Å². The normalized spacial score (nSPS) is 14.3. The maximum atomic E-state index is 13.6. The first kappa shape index (κ1) is 23.0. The summed E-state index contributed by atoms with van der Waals surface area (Å²) in [7, 11) is 0. The van der Waals surface area contributed by atoms with Crippen molar-refractivity contribution in [1.29, 1.82) is 0 Å². The molecule has 1 aliphatic rings. The van der Waals surface area contributed by atoms with Crippen LogP contribution in [-0.2, 0) is 6.54 Å². The number of rotatable bonds is 5. The van der Waals surface area contributed by atoms with E-state index < -0.39 is 11.2 Å². The number of fused-ring (bicyclic) bond motifs is 1. The molecule has 0 atom stereocenters. The first-order valence-corrected chi connectivity index (χ1v) is 11.5. The maximum Gasteiger partial charge on any atom is 0.329 e. The number of amides is 1. The van der Waals surface area contributed by atoms with Gasteiger partial charge in [-0.2, -0.15) is 0 Å². The third-order valence-electron chi connectivity index (χ3n) is 5.84. The summed E-state index contributed by atoms with van der Waals surface area (Å²) in [6.07, 6.45) is 2.38. The molecule has 1 N–H and O–H groups in total. The summed E-state index contributed by atoms with van der Waals surface area (Å²) >= 11 is 6.28. The van der Waals surface area contributed by atoms with Gasteiger partial charge >= 0.3 is 5.69 Å². The molecule has 33 heavy (non-hydrogen) atoms. The maximum absolute atomic E-state index is 13.6. The second-order valence-corrected chi connectivity index (χ2v) is 8.85. The van der Waals surface area contributed by atoms with Gasteiger partial charge in [0.2, 0.25) is 0 Å². The number of halogens is 1. The number of H-pyrrole nitrogens is 1. The highest BCUT2D eigenvalue weighted by Gasteiger charge is 2.27. The number of hydrogen-bond donors (Lipinski definition) is 1. The molecule has 1 amide bonds. The minimum absolute atomic E-state index is 0.0218. The summed E-state index contributed by atoms with van der Waals surface area (Å²) in [5.41, 5.74) is 0.104. The number of piperazine rings is 1. The quantitative estimate of drug-likeness (QED) is 0.614. The number of anilines is 1. The van der Waals surface area contributed by atoms with E-state index in [1.807, 2.05) is 25.7 Å². The van der Waals surface area contributed by atoms with Gasteiger partial charge in [-0.05, 0) is 30.5 Å². The first-order chi connectivity index (χ1) is 15.8. The van der Waals surface area contributed by atoms with E-state index in [2.05, 4.69) is 15.0 Å². The molecular formula is C23H27ClN6O3. The van der Waals surface area contributed by atoms with Gasteiger partial charge in [-0.25, -0.2) is 14.8 Å². The van der Waals surface area contributed by atoms with Gasteiger partial charge < -0.3 is 9.80 Å². The van der Waals surface area contributed by atoms with Crippen molar-refractivity contribution in [3.63, 3.8) is 0 Å². The third-order valence-corrected chi connectivity index (χ3v) is 6.14. The number of aromatic nitrogens is 4. The highest BCUT2D eigenvalue weighted by molar-refractivity contribution is 6.32.